The number of methoxy groups -OCH3 is 1. The van der Waals surface area contributed by atoms with Crippen LogP contribution >= 0.6 is 0 Å². The zero-order valence-corrected chi connectivity index (χ0v) is 10.6. The van der Waals surface area contributed by atoms with Crippen LogP contribution in [0.2, 0.25) is 0 Å². The minimum Gasteiger partial charge on any atom is -0.468 e. The fourth-order valence-corrected chi connectivity index (χ4v) is 4.96. The van der Waals surface area contributed by atoms with Crippen LogP contribution in [0.3, 0.4) is 0 Å². The number of hydrogen-bond donors (Lipinski definition) is 1. The van der Waals surface area contributed by atoms with E-state index in [1.807, 2.05) is 0 Å². The van der Waals surface area contributed by atoms with E-state index in [0.717, 1.165) is 30.1 Å². The molecule has 0 aliphatic heterocycles. The van der Waals surface area contributed by atoms with Gasteiger partial charge in [-0.25, -0.2) is 0 Å². The molecule has 4 rings (SSSR count). The highest BCUT2D eigenvalue weighted by atomic mass is 16.5. The lowest BCUT2D eigenvalue weighted by Gasteiger charge is -2.54. The first-order chi connectivity index (χ1) is 8.17. The summed E-state index contributed by atoms with van der Waals surface area (Å²) < 4.78 is 4.74. The van der Waals surface area contributed by atoms with Crippen LogP contribution in [0, 0.1) is 29.6 Å². The lowest BCUT2D eigenvalue weighted by Crippen LogP contribution is -2.47. The summed E-state index contributed by atoms with van der Waals surface area (Å²) in [6.45, 7) is 0. The molecule has 4 aliphatic rings. The highest BCUT2D eigenvalue weighted by molar-refractivity contribution is 5.75. The molecule has 0 spiro atoms. The summed E-state index contributed by atoms with van der Waals surface area (Å²) >= 11 is 0. The average Bonchev–Trinajstić information content (AvgIpc) is 2.31. The van der Waals surface area contributed by atoms with Crippen molar-refractivity contribution in [2.24, 2.45) is 35.3 Å². The van der Waals surface area contributed by atoms with Crippen LogP contribution in [0.15, 0.2) is 0 Å². The van der Waals surface area contributed by atoms with Gasteiger partial charge in [-0.3, -0.25) is 4.79 Å². The predicted molar refractivity (Wildman–Crippen MR) is 65.1 cm³/mol. The Balaban J connectivity index is 1.66. The van der Waals surface area contributed by atoms with Crippen LogP contribution in [0.4, 0.5) is 0 Å². The molecule has 4 bridgehead atoms. The number of carbonyl (C=O) groups excluding carboxylic acids is 1. The zero-order chi connectivity index (χ0) is 12.0. The quantitative estimate of drug-likeness (QED) is 0.763. The lowest BCUT2D eigenvalue weighted by atomic mass is 9.51. The molecule has 3 heteroatoms. The van der Waals surface area contributed by atoms with E-state index in [4.69, 9.17) is 10.5 Å². The normalized spacial score (nSPS) is 44.7. The summed E-state index contributed by atoms with van der Waals surface area (Å²) in [5.41, 5.74) is 5.93. The Kier molecular flexibility index (Phi) is 2.89. The molecule has 0 aromatic heterocycles. The van der Waals surface area contributed by atoms with Crippen molar-refractivity contribution < 1.29 is 9.53 Å². The first kappa shape index (κ1) is 11.5. The van der Waals surface area contributed by atoms with Gasteiger partial charge in [-0.05, 0) is 68.1 Å². The number of ether oxygens (including phenoxy) is 1. The topological polar surface area (TPSA) is 52.3 Å². The van der Waals surface area contributed by atoms with Gasteiger partial charge in [0.05, 0.1) is 7.11 Å². The summed E-state index contributed by atoms with van der Waals surface area (Å²) in [5, 5.41) is 0. The molecule has 1 unspecified atom stereocenters. The first-order valence-corrected chi connectivity index (χ1v) is 7.00. The van der Waals surface area contributed by atoms with E-state index in [1.165, 1.54) is 39.2 Å². The SMILES string of the molecule is COC(=O)C(N)CC1C2CC3CC(C2)CC1C3. The standard InChI is InChI=1S/C14H23NO2/c1-17-14(16)13(15)7-12-10-3-8-2-9(5-10)6-11(12)4-8/h8-13H,2-7,15H2,1H3. The maximum Gasteiger partial charge on any atom is 0.322 e. The molecule has 96 valence electrons. The van der Waals surface area contributed by atoms with Crippen LogP contribution in [-0.4, -0.2) is 19.1 Å². The largest absolute Gasteiger partial charge is 0.468 e. The second kappa shape index (κ2) is 4.27. The molecule has 4 fully saturated rings. The Morgan fingerprint density at radius 1 is 1.18 bits per heavy atom. The van der Waals surface area contributed by atoms with E-state index in [2.05, 4.69) is 0 Å². The summed E-state index contributed by atoms with van der Waals surface area (Å²) in [7, 11) is 1.43. The van der Waals surface area contributed by atoms with Gasteiger partial charge in [0.15, 0.2) is 0 Å². The molecular weight excluding hydrogens is 214 g/mol. The van der Waals surface area contributed by atoms with E-state index in [0.29, 0.717) is 5.92 Å². The molecule has 4 aliphatic carbocycles. The maximum absolute atomic E-state index is 11.4. The monoisotopic (exact) mass is 237 g/mol. The van der Waals surface area contributed by atoms with Crippen molar-refractivity contribution >= 4 is 5.97 Å². The van der Waals surface area contributed by atoms with Crippen LogP contribution in [0.5, 0.6) is 0 Å². The third-order valence-corrected chi connectivity index (χ3v) is 5.45. The Bertz CT molecular complexity index is 287. The van der Waals surface area contributed by atoms with Crippen molar-refractivity contribution in [3.05, 3.63) is 0 Å². The van der Waals surface area contributed by atoms with E-state index in [-0.39, 0.29) is 5.97 Å². The van der Waals surface area contributed by atoms with E-state index in [9.17, 15) is 4.79 Å². The second-order valence-electron chi connectivity index (χ2n) is 6.46. The van der Waals surface area contributed by atoms with Crippen molar-refractivity contribution in [3.8, 4) is 0 Å². The Labute approximate surface area is 103 Å². The van der Waals surface area contributed by atoms with Gasteiger partial charge in [-0.15, -0.1) is 0 Å². The lowest BCUT2D eigenvalue weighted by molar-refractivity contribution is -0.143. The van der Waals surface area contributed by atoms with Crippen molar-refractivity contribution in [2.45, 2.75) is 44.6 Å². The highest BCUT2D eigenvalue weighted by Crippen LogP contribution is 2.57. The molecule has 0 aromatic rings. The van der Waals surface area contributed by atoms with Crippen molar-refractivity contribution in [3.63, 3.8) is 0 Å². The number of esters is 1. The third-order valence-electron chi connectivity index (χ3n) is 5.45. The van der Waals surface area contributed by atoms with Gasteiger partial charge in [-0.1, -0.05) is 0 Å². The molecule has 0 amide bonds. The molecule has 0 aromatic carbocycles. The van der Waals surface area contributed by atoms with Gasteiger partial charge in [0.2, 0.25) is 0 Å². The van der Waals surface area contributed by atoms with Gasteiger partial charge in [0.25, 0.3) is 0 Å². The fourth-order valence-electron chi connectivity index (χ4n) is 4.96. The molecule has 0 heterocycles. The van der Waals surface area contributed by atoms with Gasteiger partial charge in [0, 0.05) is 0 Å². The third kappa shape index (κ3) is 1.99. The molecule has 3 nitrogen and oxygen atoms in total. The van der Waals surface area contributed by atoms with Gasteiger partial charge in [0.1, 0.15) is 6.04 Å². The van der Waals surface area contributed by atoms with Gasteiger partial charge < -0.3 is 10.5 Å². The van der Waals surface area contributed by atoms with Crippen molar-refractivity contribution in [1.29, 1.82) is 0 Å². The van der Waals surface area contributed by atoms with Crippen LogP contribution in [0.25, 0.3) is 0 Å². The van der Waals surface area contributed by atoms with Crippen LogP contribution in [0.1, 0.15) is 38.5 Å². The van der Waals surface area contributed by atoms with Gasteiger partial charge >= 0.3 is 5.97 Å². The molecule has 0 radical (unpaired) electrons. The number of nitrogens with two attached hydrogens (primary N) is 1. The Morgan fingerprint density at radius 2 is 1.71 bits per heavy atom. The van der Waals surface area contributed by atoms with Crippen LogP contribution < -0.4 is 5.73 Å². The summed E-state index contributed by atoms with van der Waals surface area (Å²) in [4.78, 5) is 11.4. The molecule has 2 N–H and O–H groups in total. The molecular formula is C14H23NO2. The highest BCUT2D eigenvalue weighted by Gasteiger charge is 2.48. The Morgan fingerprint density at radius 3 is 2.18 bits per heavy atom. The van der Waals surface area contributed by atoms with E-state index < -0.39 is 6.04 Å². The number of hydrogen-bond acceptors (Lipinski definition) is 3. The zero-order valence-electron chi connectivity index (χ0n) is 10.6. The smallest absolute Gasteiger partial charge is 0.322 e. The summed E-state index contributed by atoms with van der Waals surface area (Å²) in [5.74, 6) is 4.13. The minimum absolute atomic E-state index is 0.237. The minimum atomic E-state index is -0.400. The number of rotatable bonds is 3. The average molecular weight is 237 g/mol. The van der Waals surface area contributed by atoms with Gasteiger partial charge in [-0.2, -0.15) is 0 Å². The van der Waals surface area contributed by atoms with E-state index >= 15 is 0 Å². The summed E-state index contributed by atoms with van der Waals surface area (Å²) in [6.07, 6.45) is 7.90. The molecule has 1 atom stereocenters. The first-order valence-electron chi connectivity index (χ1n) is 7.00. The summed E-state index contributed by atoms with van der Waals surface area (Å²) in [6, 6.07) is -0.400. The number of carbonyl (C=O) groups is 1. The van der Waals surface area contributed by atoms with Crippen LogP contribution in [-0.2, 0) is 9.53 Å². The predicted octanol–water partition coefficient (Wildman–Crippen LogP) is 1.95. The maximum atomic E-state index is 11.4. The molecule has 4 saturated carbocycles. The molecule has 0 saturated heterocycles. The molecule has 17 heavy (non-hydrogen) atoms. The van der Waals surface area contributed by atoms with Crippen molar-refractivity contribution in [1.82, 2.24) is 0 Å². The Hall–Kier alpha value is -0.570. The van der Waals surface area contributed by atoms with Crippen molar-refractivity contribution in [2.75, 3.05) is 7.11 Å². The second-order valence-corrected chi connectivity index (χ2v) is 6.46. The fraction of sp³-hybridized carbons (Fsp3) is 0.929. The van der Waals surface area contributed by atoms with E-state index in [1.54, 1.807) is 0 Å².